The molecule has 1 heterocycles. The summed E-state index contributed by atoms with van der Waals surface area (Å²) in [5.74, 6) is 1.10. The molecule has 0 radical (unpaired) electrons. The summed E-state index contributed by atoms with van der Waals surface area (Å²) in [5, 5.41) is 6.44. The largest absolute Gasteiger partial charge is 0.334 e. The first kappa shape index (κ1) is 13.2. The zero-order chi connectivity index (χ0) is 12.8. The molecule has 1 aromatic rings. The van der Waals surface area contributed by atoms with Crippen LogP contribution in [0.5, 0.6) is 0 Å². The summed E-state index contributed by atoms with van der Waals surface area (Å²) in [5.41, 5.74) is 0.729. The van der Waals surface area contributed by atoms with Crippen molar-refractivity contribution in [2.45, 2.75) is 37.5 Å². The Kier molecular flexibility index (Phi) is 4.87. The van der Waals surface area contributed by atoms with E-state index in [1.165, 1.54) is 12.8 Å². The van der Waals surface area contributed by atoms with Crippen molar-refractivity contribution in [3.63, 3.8) is 0 Å². The van der Waals surface area contributed by atoms with Crippen LogP contribution in [0.2, 0.25) is 0 Å². The fourth-order valence-corrected chi connectivity index (χ4v) is 3.47. The van der Waals surface area contributed by atoms with E-state index in [9.17, 15) is 4.79 Å². The quantitative estimate of drug-likeness (QED) is 0.880. The zero-order valence-electron chi connectivity index (χ0n) is 10.6. The second-order valence-electron chi connectivity index (χ2n) is 4.37. The number of rotatable bonds is 4. The van der Waals surface area contributed by atoms with Gasteiger partial charge in [0, 0.05) is 17.5 Å². The smallest absolute Gasteiger partial charge is 0.319 e. The van der Waals surface area contributed by atoms with Crippen molar-refractivity contribution in [2.75, 3.05) is 11.1 Å². The third-order valence-corrected chi connectivity index (χ3v) is 4.39. The average Bonchev–Trinajstić information content (AvgIpc) is 2.78. The summed E-state index contributed by atoms with van der Waals surface area (Å²) in [7, 11) is 0. The van der Waals surface area contributed by atoms with Crippen LogP contribution in [0.1, 0.15) is 26.2 Å². The number of nitrogens with zero attached hydrogens (tertiary/aromatic N) is 1. The van der Waals surface area contributed by atoms with Gasteiger partial charge < -0.3 is 10.6 Å². The monoisotopic (exact) mass is 265 g/mol. The number of carbonyl (C=O) groups is 1. The molecule has 1 fully saturated rings. The summed E-state index contributed by atoms with van der Waals surface area (Å²) in [6, 6.07) is 3.81. The van der Waals surface area contributed by atoms with Gasteiger partial charge >= 0.3 is 6.03 Å². The molecule has 18 heavy (non-hydrogen) atoms. The number of nitrogens with one attached hydrogen (secondary N) is 2. The second kappa shape index (κ2) is 6.64. The van der Waals surface area contributed by atoms with Crippen LogP contribution in [0.25, 0.3) is 0 Å². The lowest BCUT2D eigenvalue weighted by atomic mass is 10.2. The van der Waals surface area contributed by atoms with Crippen molar-refractivity contribution in [1.29, 1.82) is 0 Å². The number of hydrogen-bond acceptors (Lipinski definition) is 3. The van der Waals surface area contributed by atoms with Gasteiger partial charge in [0.1, 0.15) is 0 Å². The molecule has 2 rings (SSSR count). The van der Waals surface area contributed by atoms with Crippen LogP contribution in [-0.4, -0.2) is 28.1 Å². The van der Waals surface area contributed by atoms with Gasteiger partial charge in [-0.1, -0.05) is 13.3 Å². The van der Waals surface area contributed by atoms with E-state index < -0.39 is 0 Å². The molecule has 1 aliphatic carbocycles. The first-order valence-electron chi connectivity index (χ1n) is 6.38. The highest BCUT2D eigenvalue weighted by molar-refractivity contribution is 7.99. The molecule has 1 saturated carbocycles. The molecular formula is C13H19N3OS. The number of anilines is 1. The predicted octanol–water partition coefficient (Wildman–Crippen LogP) is 2.88. The lowest BCUT2D eigenvalue weighted by molar-refractivity contribution is 0.249. The molecule has 5 heteroatoms. The summed E-state index contributed by atoms with van der Waals surface area (Å²) in [6.45, 7) is 2.16. The molecule has 2 N–H and O–H groups in total. The molecule has 2 atom stereocenters. The minimum Gasteiger partial charge on any atom is -0.334 e. The third-order valence-electron chi connectivity index (χ3n) is 3.07. The predicted molar refractivity (Wildman–Crippen MR) is 76.0 cm³/mol. The Hall–Kier alpha value is -1.23. The minimum atomic E-state index is -0.128. The second-order valence-corrected chi connectivity index (χ2v) is 5.89. The fourth-order valence-electron chi connectivity index (χ4n) is 2.28. The van der Waals surface area contributed by atoms with E-state index in [1.54, 1.807) is 18.5 Å². The Bertz CT molecular complexity index is 385. The molecular weight excluding hydrogens is 246 g/mol. The third kappa shape index (κ3) is 3.63. The zero-order valence-corrected chi connectivity index (χ0v) is 11.4. The van der Waals surface area contributed by atoms with E-state index in [4.69, 9.17) is 0 Å². The van der Waals surface area contributed by atoms with E-state index >= 15 is 0 Å². The Morgan fingerprint density at radius 3 is 3.17 bits per heavy atom. The van der Waals surface area contributed by atoms with Crippen molar-refractivity contribution < 1.29 is 4.79 Å². The van der Waals surface area contributed by atoms with Crippen molar-refractivity contribution in [1.82, 2.24) is 10.3 Å². The highest BCUT2D eigenvalue weighted by atomic mass is 32.2. The highest BCUT2D eigenvalue weighted by Crippen LogP contribution is 2.29. The molecule has 0 spiro atoms. The van der Waals surface area contributed by atoms with Gasteiger partial charge in [0.25, 0.3) is 0 Å². The van der Waals surface area contributed by atoms with E-state index in [-0.39, 0.29) is 6.03 Å². The topological polar surface area (TPSA) is 54.0 Å². The SMILES string of the molecule is CCS[C@@H]1CCC[C@H]1NC(=O)Nc1cccnc1. The van der Waals surface area contributed by atoms with Gasteiger partial charge in [-0.3, -0.25) is 4.98 Å². The van der Waals surface area contributed by atoms with Gasteiger partial charge in [-0.05, 0) is 30.7 Å². The Balaban J connectivity index is 1.84. The van der Waals surface area contributed by atoms with Crippen molar-refractivity contribution in [3.8, 4) is 0 Å². The standard InChI is InChI=1S/C13H19N3OS/c1-2-18-12-7-3-6-11(12)16-13(17)15-10-5-4-8-14-9-10/h4-5,8-9,11-12H,2-3,6-7H2,1H3,(H2,15,16,17)/t11-,12-/m1/s1. The molecule has 0 unspecified atom stereocenters. The van der Waals surface area contributed by atoms with E-state index in [0.29, 0.717) is 11.3 Å². The minimum absolute atomic E-state index is 0.128. The fraction of sp³-hybridized carbons (Fsp3) is 0.538. The Morgan fingerprint density at radius 2 is 2.44 bits per heavy atom. The first-order valence-corrected chi connectivity index (χ1v) is 7.43. The Morgan fingerprint density at radius 1 is 1.56 bits per heavy atom. The molecule has 4 nitrogen and oxygen atoms in total. The maximum absolute atomic E-state index is 11.9. The first-order chi connectivity index (χ1) is 8.79. The number of thioether (sulfide) groups is 1. The summed E-state index contributed by atoms with van der Waals surface area (Å²) >= 11 is 1.94. The van der Waals surface area contributed by atoms with Crippen LogP contribution in [0.15, 0.2) is 24.5 Å². The molecule has 98 valence electrons. The van der Waals surface area contributed by atoms with E-state index in [1.807, 2.05) is 17.8 Å². The lowest BCUT2D eigenvalue weighted by Crippen LogP contribution is -2.41. The van der Waals surface area contributed by atoms with Crippen LogP contribution >= 0.6 is 11.8 Å². The van der Waals surface area contributed by atoms with Crippen LogP contribution in [0.3, 0.4) is 0 Å². The van der Waals surface area contributed by atoms with Crippen molar-refractivity contribution in [2.24, 2.45) is 0 Å². The number of pyridine rings is 1. The number of hydrogen-bond donors (Lipinski definition) is 2. The van der Waals surface area contributed by atoms with Crippen LogP contribution in [-0.2, 0) is 0 Å². The van der Waals surface area contributed by atoms with E-state index in [2.05, 4.69) is 22.5 Å². The van der Waals surface area contributed by atoms with Crippen LogP contribution in [0.4, 0.5) is 10.5 Å². The maximum atomic E-state index is 11.9. The van der Waals surface area contributed by atoms with Gasteiger partial charge in [-0.2, -0.15) is 11.8 Å². The number of urea groups is 1. The maximum Gasteiger partial charge on any atom is 0.319 e. The number of amides is 2. The molecule has 0 aliphatic heterocycles. The molecule has 0 bridgehead atoms. The van der Waals surface area contributed by atoms with Crippen LogP contribution in [0, 0.1) is 0 Å². The van der Waals surface area contributed by atoms with Gasteiger partial charge in [0.2, 0.25) is 0 Å². The lowest BCUT2D eigenvalue weighted by Gasteiger charge is -2.20. The molecule has 0 aromatic carbocycles. The van der Waals surface area contributed by atoms with Gasteiger partial charge in [-0.25, -0.2) is 4.79 Å². The summed E-state index contributed by atoms with van der Waals surface area (Å²) < 4.78 is 0. The van der Waals surface area contributed by atoms with Gasteiger partial charge in [0.15, 0.2) is 0 Å². The van der Waals surface area contributed by atoms with E-state index in [0.717, 1.165) is 17.9 Å². The Labute approximate surface area is 112 Å². The molecule has 1 aromatic heterocycles. The average molecular weight is 265 g/mol. The highest BCUT2D eigenvalue weighted by Gasteiger charge is 2.28. The molecule has 1 aliphatic rings. The molecule has 0 saturated heterocycles. The van der Waals surface area contributed by atoms with Crippen LogP contribution < -0.4 is 10.6 Å². The summed E-state index contributed by atoms with van der Waals surface area (Å²) in [4.78, 5) is 15.8. The van der Waals surface area contributed by atoms with Crippen molar-refractivity contribution in [3.05, 3.63) is 24.5 Å². The summed E-state index contributed by atoms with van der Waals surface area (Å²) in [6.07, 6.45) is 6.82. The number of aromatic nitrogens is 1. The van der Waals surface area contributed by atoms with Crippen molar-refractivity contribution >= 4 is 23.5 Å². The number of carbonyl (C=O) groups excluding carboxylic acids is 1. The normalized spacial score (nSPS) is 22.7. The van der Waals surface area contributed by atoms with Gasteiger partial charge in [0.05, 0.1) is 11.9 Å². The van der Waals surface area contributed by atoms with Gasteiger partial charge in [-0.15, -0.1) is 0 Å². The molecule has 2 amide bonds.